The highest BCUT2D eigenvalue weighted by atomic mass is 16.6. The van der Waals surface area contributed by atoms with Crippen molar-refractivity contribution in [3.05, 3.63) is 12.7 Å². The van der Waals surface area contributed by atoms with Crippen molar-refractivity contribution in [3.8, 4) is 0 Å². The number of carbonyl (C=O) groups is 1. The van der Waals surface area contributed by atoms with E-state index in [-0.39, 0.29) is 6.09 Å². The van der Waals surface area contributed by atoms with Gasteiger partial charge in [-0.1, -0.05) is 0 Å². The average Bonchev–Trinajstić information content (AvgIpc) is 3.13. The number of hydrogen-bond donors (Lipinski definition) is 2. The second-order valence-corrected chi connectivity index (χ2v) is 6.47. The van der Waals surface area contributed by atoms with Crippen molar-refractivity contribution >= 4 is 23.1 Å². The smallest absolute Gasteiger partial charge is 0.409 e. The number of carbonyl (C=O) groups excluding carboxylic acids is 1. The molecule has 0 aromatic carbocycles. The van der Waals surface area contributed by atoms with E-state index >= 15 is 0 Å². The molecule has 9 nitrogen and oxygen atoms in total. The Kier molecular flexibility index (Phi) is 4.64. The first kappa shape index (κ1) is 16.1. The summed E-state index contributed by atoms with van der Waals surface area (Å²) in [4.78, 5) is 31.6. The van der Waals surface area contributed by atoms with Gasteiger partial charge >= 0.3 is 6.09 Å². The summed E-state index contributed by atoms with van der Waals surface area (Å²) >= 11 is 0. The maximum absolute atomic E-state index is 11.6. The maximum atomic E-state index is 11.6. The Morgan fingerprint density at radius 1 is 1.24 bits per heavy atom. The highest BCUT2D eigenvalue weighted by Crippen LogP contribution is 2.23. The molecule has 2 aromatic heterocycles. The normalized spacial score (nSPS) is 19.4. The average molecular weight is 345 g/mol. The van der Waals surface area contributed by atoms with Crippen LogP contribution in [0.25, 0.3) is 11.2 Å². The first-order chi connectivity index (χ1) is 12.3. The predicted molar refractivity (Wildman–Crippen MR) is 92.5 cm³/mol. The molecule has 2 aliphatic rings. The van der Waals surface area contributed by atoms with Gasteiger partial charge in [0.2, 0.25) is 0 Å². The van der Waals surface area contributed by atoms with E-state index in [1.165, 1.54) is 0 Å². The van der Waals surface area contributed by atoms with Crippen LogP contribution < -0.4 is 10.2 Å². The number of H-pyrrole nitrogens is 1. The van der Waals surface area contributed by atoms with Crippen molar-refractivity contribution in [1.82, 2.24) is 30.2 Å². The molecule has 0 radical (unpaired) electrons. The third-order valence-electron chi connectivity index (χ3n) is 4.87. The number of hydrogen-bond acceptors (Lipinski definition) is 7. The molecule has 4 heterocycles. The lowest BCUT2D eigenvalue weighted by atomic mass is 10.0. The summed E-state index contributed by atoms with van der Waals surface area (Å²) < 4.78 is 5.06. The fourth-order valence-electron chi connectivity index (χ4n) is 3.49. The zero-order valence-electron chi connectivity index (χ0n) is 14.1. The number of aromatic amines is 1. The zero-order valence-corrected chi connectivity index (χ0v) is 14.1. The van der Waals surface area contributed by atoms with Crippen LogP contribution in [0.5, 0.6) is 0 Å². The molecule has 2 aliphatic heterocycles. The predicted octanol–water partition coefficient (Wildman–Crippen LogP) is 0.754. The van der Waals surface area contributed by atoms with Gasteiger partial charge in [0.05, 0.1) is 12.9 Å². The number of imidazole rings is 1. The molecule has 1 amide bonds. The summed E-state index contributed by atoms with van der Waals surface area (Å²) in [7, 11) is 0. The fourth-order valence-corrected chi connectivity index (χ4v) is 3.49. The van der Waals surface area contributed by atoms with Crippen LogP contribution in [0.2, 0.25) is 0 Å². The van der Waals surface area contributed by atoms with Gasteiger partial charge in [-0.15, -0.1) is 0 Å². The molecule has 2 N–H and O–H groups in total. The summed E-state index contributed by atoms with van der Waals surface area (Å²) in [6, 6.07) is 0.469. The molecule has 0 bridgehead atoms. The van der Waals surface area contributed by atoms with E-state index in [9.17, 15) is 4.79 Å². The SMILES string of the molecule is O=C1OCCCN1CCNC1CCN(c2ncnc3nc[nH]c23)CC1. The summed E-state index contributed by atoms with van der Waals surface area (Å²) in [6.07, 6.45) is 6.05. The van der Waals surface area contributed by atoms with Crippen LogP contribution in [0.4, 0.5) is 10.6 Å². The highest BCUT2D eigenvalue weighted by Gasteiger charge is 2.23. The zero-order chi connectivity index (χ0) is 17.1. The lowest BCUT2D eigenvalue weighted by Gasteiger charge is -2.34. The fraction of sp³-hybridized carbons (Fsp3) is 0.625. The van der Waals surface area contributed by atoms with E-state index in [1.807, 2.05) is 0 Å². The van der Waals surface area contributed by atoms with Crippen molar-refractivity contribution < 1.29 is 9.53 Å². The minimum atomic E-state index is -0.185. The van der Waals surface area contributed by atoms with Gasteiger partial charge in [-0.05, 0) is 19.3 Å². The molecule has 0 atom stereocenters. The van der Waals surface area contributed by atoms with Gasteiger partial charge in [-0.25, -0.2) is 19.7 Å². The minimum Gasteiger partial charge on any atom is -0.449 e. The second-order valence-electron chi connectivity index (χ2n) is 6.47. The Bertz CT molecular complexity index is 726. The number of nitrogens with zero attached hydrogens (tertiary/aromatic N) is 5. The van der Waals surface area contributed by atoms with Crippen molar-refractivity contribution in [2.75, 3.05) is 44.2 Å². The Balaban J connectivity index is 1.26. The topological polar surface area (TPSA) is 99.3 Å². The van der Waals surface area contributed by atoms with Crippen molar-refractivity contribution in [3.63, 3.8) is 0 Å². The molecule has 0 unspecified atom stereocenters. The molecule has 4 rings (SSSR count). The van der Waals surface area contributed by atoms with E-state index in [2.05, 4.69) is 30.2 Å². The van der Waals surface area contributed by atoms with Gasteiger partial charge in [-0.2, -0.15) is 0 Å². The lowest BCUT2D eigenvalue weighted by molar-refractivity contribution is 0.0729. The van der Waals surface area contributed by atoms with Crippen LogP contribution in [-0.2, 0) is 4.74 Å². The van der Waals surface area contributed by atoms with E-state index in [4.69, 9.17) is 4.74 Å². The summed E-state index contributed by atoms with van der Waals surface area (Å²) in [5.74, 6) is 0.928. The van der Waals surface area contributed by atoms with Gasteiger partial charge < -0.3 is 24.8 Å². The minimum absolute atomic E-state index is 0.185. The van der Waals surface area contributed by atoms with E-state index < -0.39 is 0 Å². The van der Waals surface area contributed by atoms with Crippen LogP contribution in [0.1, 0.15) is 19.3 Å². The third-order valence-corrected chi connectivity index (χ3v) is 4.87. The van der Waals surface area contributed by atoms with Crippen molar-refractivity contribution in [2.24, 2.45) is 0 Å². The Hall–Kier alpha value is -2.42. The van der Waals surface area contributed by atoms with Crippen LogP contribution in [0, 0.1) is 0 Å². The van der Waals surface area contributed by atoms with Crippen LogP contribution in [-0.4, -0.2) is 76.3 Å². The number of fused-ring (bicyclic) bond motifs is 1. The number of ether oxygens (including phenoxy) is 1. The molecule has 25 heavy (non-hydrogen) atoms. The van der Waals surface area contributed by atoms with E-state index in [0.29, 0.717) is 24.8 Å². The Labute approximate surface area is 145 Å². The van der Waals surface area contributed by atoms with Crippen molar-refractivity contribution in [2.45, 2.75) is 25.3 Å². The lowest BCUT2D eigenvalue weighted by Crippen LogP contribution is -2.46. The van der Waals surface area contributed by atoms with E-state index in [0.717, 1.165) is 56.8 Å². The van der Waals surface area contributed by atoms with Gasteiger partial charge in [0, 0.05) is 38.8 Å². The quantitative estimate of drug-likeness (QED) is 0.825. The maximum Gasteiger partial charge on any atom is 0.409 e. The third kappa shape index (κ3) is 3.51. The molecule has 0 saturated carbocycles. The number of piperidine rings is 1. The Morgan fingerprint density at radius 3 is 2.96 bits per heavy atom. The molecular formula is C16H23N7O2. The number of nitrogens with one attached hydrogen (secondary N) is 2. The van der Waals surface area contributed by atoms with Gasteiger partial charge in [-0.3, -0.25) is 0 Å². The van der Waals surface area contributed by atoms with Gasteiger partial charge in [0.1, 0.15) is 11.8 Å². The molecule has 2 saturated heterocycles. The highest BCUT2D eigenvalue weighted by molar-refractivity contribution is 5.82. The van der Waals surface area contributed by atoms with Gasteiger partial charge in [0.15, 0.2) is 11.5 Å². The molecule has 2 fully saturated rings. The van der Waals surface area contributed by atoms with E-state index in [1.54, 1.807) is 17.6 Å². The van der Waals surface area contributed by atoms with Crippen molar-refractivity contribution in [1.29, 1.82) is 0 Å². The first-order valence-corrected chi connectivity index (χ1v) is 8.85. The number of anilines is 1. The monoisotopic (exact) mass is 345 g/mol. The molecule has 0 aliphatic carbocycles. The summed E-state index contributed by atoms with van der Waals surface area (Å²) in [6.45, 7) is 4.74. The summed E-state index contributed by atoms with van der Waals surface area (Å²) in [5, 5.41) is 3.56. The standard InChI is InChI=1S/C16H23N7O2/c24-16-23(5-1-9-25-16)8-4-17-12-2-6-22(7-3-12)15-13-14(19-10-18-13)20-11-21-15/h10-12,17H,1-9H2,(H,18,19,20,21). The Morgan fingerprint density at radius 2 is 2.12 bits per heavy atom. The van der Waals surface area contributed by atoms with Gasteiger partial charge in [0.25, 0.3) is 0 Å². The molecule has 134 valence electrons. The molecule has 2 aromatic rings. The second kappa shape index (κ2) is 7.22. The largest absolute Gasteiger partial charge is 0.449 e. The number of amides is 1. The molecule has 0 spiro atoms. The van der Waals surface area contributed by atoms with Crippen LogP contribution in [0.3, 0.4) is 0 Å². The molecular weight excluding hydrogens is 322 g/mol. The van der Waals surface area contributed by atoms with Crippen LogP contribution >= 0.6 is 0 Å². The first-order valence-electron chi connectivity index (χ1n) is 8.85. The number of cyclic esters (lactones) is 1. The molecule has 9 heteroatoms. The van der Waals surface area contributed by atoms with Crippen LogP contribution in [0.15, 0.2) is 12.7 Å². The number of rotatable bonds is 5. The summed E-state index contributed by atoms with van der Waals surface area (Å²) in [5.41, 5.74) is 1.61. The number of aromatic nitrogens is 4.